The van der Waals surface area contributed by atoms with Crippen LogP contribution in [0.15, 0.2) is 47.1 Å². The largest absolute Gasteiger partial charge is 0.494 e. The van der Waals surface area contributed by atoms with Crippen LogP contribution in [0, 0.1) is 0 Å². The molecule has 1 aromatic heterocycles. The number of furan rings is 1. The molecular formula is C19H25N3O3S. The summed E-state index contributed by atoms with van der Waals surface area (Å²) in [6, 6.07) is 11.0. The number of nitrogens with zero attached hydrogens (tertiary/aromatic N) is 1. The second kappa shape index (κ2) is 9.54. The third-order valence-corrected chi connectivity index (χ3v) is 5.18. The Kier molecular flexibility index (Phi) is 6.85. The molecule has 0 bridgehead atoms. The fraction of sp³-hybridized carbons (Fsp3) is 0.421. The van der Waals surface area contributed by atoms with E-state index in [9.17, 15) is 4.79 Å². The van der Waals surface area contributed by atoms with Gasteiger partial charge in [-0.2, -0.15) is 11.8 Å². The van der Waals surface area contributed by atoms with Gasteiger partial charge in [0.2, 0.25) is 0 Å². The summed E-state index contributed by atoms with van der Waals surface area (Å²) >= 11 is 1.96. The maximum atomic E-state index is 12.3. The fourth-order valence-electron chi connectivity index (χ4n) is 2.95. The smallest absolute Gasteiger partial charge is 0.319 e. The van der Waals surface area contributed by atoms with Gasteiger partial charge >= 0.3 is 6.03 Å². The van der Waals surface area contributed by atoms with Gasteiger partial charge in [0.05, 0.1) is 18.9 Å². The van der Waals surface area contributed by atoms with Crippen LogP contribution in [0.4, 0.5) is 10.5 Å². The molecule has 2 heterocycles. The zero-order valence-electron chi connectivity index (χ0n) is 14.9. The van der Waals surface area contributed by atoms with E-state index in [1.807, 2.05) is 55.1 Å². The van der Waals surface area contributed by atoms with Crippen LogP contribution in [0.25, 0.3) is 0 Å². The Bertz CT molecular complexity index is 670. The lowest BCUT2D eigenvalue weighted by molar-refractivity contribution is 0.187. The molecule has 0 unspecified atom stereocenters. The number of rotatable bonds is 7. The van der Waals surface area contributed by atoms with Crippen molar-refractivity contribution in [1.82, 2.24) is 10.2 Å². The Morgan fingerprint density at radius 3 is 2.69 bits per heavy atom. The van der Waals surface area contributed by atoms with Crippen LogP contribution in [0.3, 0.4) is 0 Å². The summed E-state index contributed by atoms with van der Waals surface area (Å²) in [4.78, 5) is 14.6. The Morgan fingerprint density at radius 1 is 1.27 bits per heavy atom. The van der Waals surface area contributed by atoms with E-state index >= 15 is 0 Å². The highest BCUT2D eigenvalue weighted by Crippen LogP contribution is 2.24. The first-order chi connectivity index (χ1) is 12.8. The second-order valence-electron chi connectivity index (χ2n) is 5.97. The lowest BCUT2D eigenvalue weighted by Gasteiger charge is -2.33. The molecule has 6 nitrogen and oxygen atoms in total. The molecule has 1 saturated heterocycles. The number of hydrogen-bond donors (Lipinski definition) is 2. The van der Waals surface area contributed by atoms with Crippen molar-refractivity contribution in [2.45, 2.75) is 13.0 Å². The highest BCUT2D eigenvalue weighted by molar-refractivity contribution is 7.99. The Balaban J connectivity index is 1.55. The molecule has 1 fully saturated rings. The monoisotopic (exact) mass is 375 g/mol. The first-order valence-electron chi connectivity index (χ1n) is 8.89. The van der Waals surface area contributed by atoms with Gasteiger partial charge in [-0.15, -0.1) is 0 Å². The van der Waals surface area contributed by atoms with Crippen LogP contribution in [0.2, 0.25) is 0 Å². The minimum Gasteiger partial charge on any atom is -0.494 e. The summed E-state index contributed by atoms with van der Waals surface area (Å²) in [6.07, 6.45) is 1.68. The van der Waals surface area contributed by atoms with E-state index in [0.717, 1.165) is 41.8 Å². The number of thioether (sulfide) groups is 1. The van der Waals surface area contributed by atoms with E-state index in [-0.39, 0.29) is 12.1 Å². The number of carbonyl (C=O) groups is 1. The standard InChI is InChI=1S/C19H25N3O3S/c1-2-24-16-7-5-15(6-8-16)21-19(23)20-14-17(18-4-3-11-25-18)22-9-12-26-13-10-22/h3-8,11,17H,2,9-10,12-14H2,1H3,(H2,20,21,23)/t17-/m1/s1. The molecule has 0 aliphatic carbocycles. The SMILES string of the molecule is CCOc1ccc(NC(=O)NC[C@H](c2ccco2)N2CCSCC2)cc1. The van der Waals surface area contributed by atoms with Crippen LogP contribution < -0.4 is 15.4 Å². The van der Waals surface area contributed by atoms with Gasteiger partial charge in [0.15, 0.2) is 0 Å². The molecule has 0 spiro atoms. The molecule has 1 atom stereocenters. The molecule has 0 saturated carbocycles. The highest BCUT2D eigenvalue weighted by Gasteiger charge is 2.25. The van der Waals surface area contributed by atoms with Crippen LogP contribution in [0.5, 0.6) is 5.75 Å². The maximum Gasteiger partial charge on any atom is 0.319 e. The van der Waals surface area contributed by atoms with Crippen LogP contribution in [-0.4, -0.2) is 48.7 Å². The van der Waals surface area contributed by atoms with Gasteiger partial charge in [-0.05, 0) is 43.3 Å². The molecule has 1 aromatic carbocycles. The third-order valence-electron chi connectivity index (χ3n) is 4.24. The minimum absolute atomic E-state index is 0.0528. The summed E-state index contributed by atoms with van der Waals surface area (Å²) in [5.41, 5.74) is 0.731. The molecule has 140 valence electrons. The number of ether oxygens (including phenoxy) is 1. The summed E-state index contributed by atoms with van der Waals surface area (Å²) in [7, 11) is 0. The summed E-state index contributed by atoms with van der Waals surface area (Å²) in [6.45, 7) is 5.06. The maximum absolute atomic E-state index is 12.3. The molecule has 2 N–H and O–H groups in total. The van der Waals surface area contributed by atoms with Gasteiger partial charge in [-0.25, -0.2) is 4.79 Å². The van der Waals surface area contributed by atoms with E-state index in [4.69, 9.17) is 9.15 Å². The molecule has 0 radical (unpaired) electrons. The lowest BCUT2D eigenvalue weighted by atomic mass is 10.2. The fourth-order valence-corrected chi connectivity index (χ4v) is 3.88. The van der Waals surface area contributed by atoms with Gasteiger partial charge in [0.25, 0.3) is 0 Å². The number of carbonyl (C=O) groups excluding carboxylic acids is 1. The van der Waals surface area contributed by atoms with Crippen molar-refractivity contribution in [2.24, 2.45) is 0 Å². The van der Waals surface area contributed by atoms with Gasteiger partial charge in [-0.3, -0.25) is 4.90 Å². The number of nitrogens with one attached hydrogen (secondary N) is 2. The molecular weight excluding hydrogens is 350 g/mol. The van der Waals surface area contributed by atoms with Crippen LogP contribution >= 0.6 is 11.8 Å². The van der Waals surface area contributed by atoms with Crippen molar-refractivity contribution < 1.29 is 13.9 Å². The molecule has 2 amide bonds. The number of anilines is 1. The first kappa shape index (κ1) is 18.7. The summed E-state index contributed by atoms with van der Waals surface area (Å²) < 4.78 is 11.0. The minimum atomic E-state index is -0.225. The van der Waals surface area contributed by atoms with E-state index in [1.54, 1.807) is 6.26 Å². The Hall–Kier alpha value is -2.12. The molecule has 3 rings (SSSR count). The predicted octanol–water partition coefficient (Wildman–Crippen LogP) is 3.59. The highest BCUT2D eigenvalue weighted by atomic mass is 32.2. The van der Waals surface area contributed by atoms with Crippen molar-refractivity contribution in [2.75, 3.05) is 43.1 Å². The predicted molar refractivity (Wildman–Crippen MR) is 105 cm³/mol. The van der Waals surface area contributed by atoms with E-state index in [1.165, 1.54) is 0 Å². The van der Waals surface area contributed by atoms with Gasteiger partial charge in [-0.1, -0.05) is 0 Å². The lowest BCUT2D eigenvalue weighted by Crippen LogP contribution is -2.42. The Morgan fingerprint density at radius 2 is 2.04 bits per heavy atom. The quantitative estimate of drug-likeness (QED) is 0.774. The van der Waals surface area contributed by atoms with E-state index < -0.39 is 0 Å². The summed E-state index contributed by atoms with van der Waals surface area (Å²) in [5.74, 6) is 3.89. The van der Waals surface area contributed by atoms with Crippen molar-refractivity contribution in [1.29, 1.82) is 0 Å². The van der Waals surface area contributed by atoms with Gasteiger partial charge in [0.1, 0.15) is 11.5 Å². The van der Waals surface area contributed by atoms with Crippen molar-refractivity contribution in [3.63, 3.8) is 0 Å². The number of amides is 2. The van der Waals surface area contributed by atoms with Crippen LogP contribution in [-0.2, 0) is 0 Å². The Labute approximate surface area is 158 Å². The molecule has 1 aliphatic rings. The zero-order chi connectivity index (χ0) is 18.2. The van der Waals surface area contributed by atoms with Crippen molar-refractivity contribution in [3.8, 4) is 5.75 Å². The number of benzene rings is 1. The van der Waals surface area contributed by atoms with E-state index in [2.05, 4.69) is 15.5 Å². The second-order valence-corrected chi connectivity index (χ2v) is 7.20. The number of hydrogen-bond acceptors (Lipinski definition) is 5. The molecule has 2 aromatic rings. The number of urea groups is 1. The molecule has 7 heteroatoms. The average molecular weight is 375 g/mol. The topological polar surface area (TPSA) is 66.7 Å². The van der Waals surface area contributed by atoms with E-state index in [0.29, 0.717) is 13.2 Å². The average Bonchev–Trinajstić information content (AvgIpc) is 3.19. The first-order valence-corrected chi connectivity index (χ1v) is 10.0. The van der Waals surface area contributed by atoms with Gasteiger partial charge in [0, 0.05) is 36.8 Å². The molecule has 26 heavy (non-hydrogen) atoms. The third kappa shape index (κ3) is 5.19. The van der Waals surface area contributed by atoms with Crippen molar-refractivity contribution >= 4 is 23.5 Å². The van der Waals surface area contributed by atoms with Crippen LogP contribution in [0.1, 0.15) is 18.7 Å². The van der Waals surface area contributed by atoms with Gasteiger partial charge < -0.3 is 19.8 Å². The normalized spacial score (nSPS) is 16.0. The van der Waals surface area contributed by atoms with Crippen molar-refractivity contribution in [3.05, 3.63) is 48.4 Å². The molecule has 1 aliphatic heterocycles. The zero-order valence-corrected chi connectivity index (χ0v) is 15.8. The summed E-state index contributed by atoms with van der Waals surface area (Å²) in [5, 5.41) is 5.82.